The molecule has 1 amide bonds. The average Bonchev–Trinajstić information content (AvgIpc) is 2.66. The number of nitrogens with zero attached hydrogens (tertiary/aromatic N) is 2. The van der Waals surface area contributed by atoms with Crippen LogP contribution in [-0.4, -0.2) is 41.2 Å². The van der Waals surface area contributed by atoms with Gasteiger partial charge >= 0.3 is 6.09 Å². The first-order valence-corrected chi connectivity index (χ1v) is 10.4. The van der Waals surface area contributed by atoms with Gasteiger partial charge in [-0.2, -0.15) is 0 Å². The normalized spacial score (nSPS) is 19.0. The van der Waals surface area contributed by atoms with Crippen molar-refractivity contribution in [3.8, 4) is 0 Å². The summed E-state index contributed by atoms with van der Waals surface area (Å²) in [5, 5.41) is 20.5. The monoisotopic (exact) mass is 547 g/mol. The van der Waals surface area contributed by atoms with Crippen molar-refractivity contribution in [1.29, 1.82) is 0 Å². The molecule has 0 bridgehead atoms. The van der Waals surface area contributed by atoms with Crippen molar-refractivity contribution in [1.82, 2.24) is 16.0 Å². The van der Waals surface area contributed by atoms with Crippen LogP contribution < -0.4 is 16.0 Å². The molecule has 0 saturated heterocycles. The minimum atomic E-state index is -0.501. The molecule has 2 rings (SSSR count). The lowest BCUT2D eigenvalue weighted by molar-refractivity contribution is -0.384. The zero-order valence-electron chi connectivity index (χ0n) is 18.6. The van der Waals surface area contributed by atoms with Gasteiger partial charge in [0.25, 0.3) is 5.69 Å². The largest absolute Gasteiger partial charge is 0.444 e. The summed E-state index contributed by atoms with van der Waals surface area (Å²) in [4.78, 5) is 27.0. The summed E-state index contributed by atoms with van der Waals surface area (Å²) in [6, 6.07) is 6.88. The van der Waals surface area contributed by atoms with Gasteiger partial charge in [-0.1, -0.05) is 12.1 Å². The van der Waals surface area contributed by atoms with Crippen LogP contribution in [0.25, 0.3) is 0 Å². The van der Waals surface area contributed by atoms with Gasteiger partial charge in [-0.25, -0.2) is 9.79 Å². The van der Waals surface area contributed by atoms with Crippen LogP contribution >= 0.6 is 24.0 Å². The molecule has 1 aromatic carbocycles. The first kappa shape index (κ1) is 26.9. The molecule has 3 N–H and O–H groups in total. The summed E-state index contributed by atoms with van der Waals surface area (Å²) in [6.45, 7) is 8.61. The molecule has 1 fully saturated rings. The van der Waals surface area contributed by atoms with Gasteiger partial charge < -0.3 is 20.7 Å². The smallest absolute Gasteiger partial charge is 0.407 e. The third-order valence-electron chi connectivity index (χ3n) is 4.67. The Morgan fingerprint density at radius 2 is 1.81 bits per heavy atom. The van der Waals surface area contributed by atoms with Crippen molar-refractivity contribution in [3.05, 3.63) is 39.9 Å². The summed E-state index contributed by atoms with van der Waals surface area (Å²) in [5.74, 6) is 0.688. The molecular formula is C21H34IN5O4. The maximum Gasteiger partial charge on any atom is 0.407 e. The van der Waals surface area contributed by atoms with Crippen LogP contribution in [-0.2, 0) is 11.3 Å². The number of aliphatic imine (C=N–C) groups is 1. The Hall–Kier alpha value is -2.11. The molecule has 1 aliphatic rings. The summed E-state index contributed by atoms with van der Waals surface area (Å²) in [5.41, 5.74) is 0.349. The van der Waals surface area contributed by atoms with Gasteiger partial charge in [0.15, 0.2) is 5.96 Å². The van der Waals surface area contributed by atoms with Crippen molar-refractivity contribution >= 4 is 41.7 Å². The van der Waals surface area contributed by atoms with E-state index in [2.05, 4.69) is 20.9 Å². The van der Waals surface area contributed by atoms with E-state index < -0.39 is 10.5 Å². The Morgan fingerprint density at radius 1 is 1.19 bits per heavy atom. The fourth-order valence-corrected chi connectivity index (χ4v) is 3.31. The van der Waals surface area contributed by atoms with Crippen LogP contribution in [0, 0.1) is 10.1 Å². The first-order valence-electron chi connectivity index (χ1n) is 10.4. The van der Waals surface area contributed by atoms with Crippen LogP contribution in [0.15, 0.2) is 29.3 Å². The molecule has 0 aromatic heterocycles. The molecule has 1 aliphatic carbocycles. The Morgan fingerprint density at radius 3 is 2.35 bits per heavy atom. The van der Waals surface area contributed by atoms with E-state index in [1.165, 1.54) is 6.07 Å². The van der Waals surface area contributed by atoms with Crippen molar-refractivity contribution < 1.29 is 14.5 Å². The highest BCUT2D eigenvalue weighted by Gasteiger charge is 2.25. The third-order valence-corrected chi connectivity index (χ3v) is 4.67. The standard InChI is InChI=1S/C21H33N5O4.HI/c1-5-22-19(23-14-15-7-6-8-18(13-15)26(28)29)24-16-9-11-17(12-10-16)25-20(27)30-21(2,3)4;/h6-8,13,16-17H,5,9-12,14H2,1-4H3,(H,25,27)(H2,22,23,24);1H. The second kappa shape index (κ2) is 12.7. The highest BCUT2D eigenvalue weighted by atomic mass is 127. The van der Waals surface area contributed by atoms with Gasteiger partial charge in [-0.3, -0.25) is 10.1 Å². The summed E-state index contributed by atoms with van der Waals surface area (Å²) < 4.78 is 5.32. The van der Waals surface area contributed by atoms with Gasteiger partial charge in [0.05, 0.1) is 11.5 Å². The van der Waals surface area contributed by atoms with Crippen LogP contribution in [0.2, 0.25) is 0 Å². The first-order chi connectivity index (χ1) is 14.2. The van der Waals surface area contributed by atoms with E-state index in [1.54, 1.807) is 12.1 Å². The Balaban J connectivity index is 0.00000480. The number of rotatable bonds is 6. The summed E-state index contributed by atoms with van der Waals surface area (Å²) >= 11 is 0. The highest BCUT2D eigenvalue weighted by Crippen LogP contribution is 2.19. The number of nitro benzene ring substituents is 1. The van der Waals surface area contributed by atoms with E-state index in [9.17, 15) is 14.9 Å². The number of nitro groups is 1. The molecule has 0 heterocycles. The van der Waals surface area contributed by atoms with E-state index >= 15 is 0 Å². The molecule has 174 valence electrons. The molecule has 31 heavy (non-hydrogen) atoms. The Bertz CT molecular complexity index is 758. The fourth-order valence-electron chi connectivity index (χ4n) is 3.31. The number of hydrogen-bond donors (Lipinski definition) is 3. The number of hydrogen-bond acceptors (Lipinski definition) is 5. The molecule has 0 unspecified atom stereocenters. The molecule has 10 heteroatoms. The highest BCUT2D eigenvalue weighted by molar-refractivity contribution is 14.0. The number of nitrogens with one attached hydrogen (secondary N) is 3. The number of carbonyl (C=O) groups excluding carboxylic acids is 1. The quantitative estimate of drug-likeness (QED) is 0.162. The minimum absolute atomic E-state index is 0. The van der Waals surface area contributed by atoms with Crippen LogP contribution in [0.5, 0.6) is 0 Å². The second-order valence-corrected chi connectivity index (χ2v) is 8.46. The van der Waals surface area contributed by atoms with Gasteiger partial charge in [0.2, 0.25) is 0 Å². The molecule has 9 nitrogen and oxygen atoms in total. The lowest BCUT2D eigenvalue weighted by atomic mass is 9.91. The number of guanidine groups is 1. The molecule has 0 radical (unpaired) electrons. The van der Waals surface area contributed by atoms with Gasteiger partial charge in [-0.15, -0.1) is 24.0 Å². The molecule has 0 spiro atoms. The summed E-state index contributed by atoms with van der Waals surface area (Å²) in [6.07, 6.45) is 3.16. The van der Waals surface area contributed by atoms with Crippen molar-refractivity contribution in [2.45, 2.75) is 77.6 Å². The Labute approximate surface area is 201 Å². The fraction of sp³-hybridized carbons (Fsp3) is 0.619. The number of carbonyl (C=O) groups is 1. The van der Waals surface area contributed by atoms with E-state index in [0.29, 0.717) is 12.5 Å². The minimum Gasteiger partial charge on any atom is -0.444 e. The lowest BCUT2D eigenvalue weighted by Gasteiger charge is -2.31. The maximum atomic E-state index is 11.9. The van der Waals surface area contributed by atoms with E-state index in [1.807, 2.05) is 33.8 Å². The van der Waals surface area contributed by atoms with Crippen LogP contribution in [0.4, 0.5) is 10.5 Å². The third kappa shape index (κ3) is 10.2. The predicted octanol–water partition coefficient (Wildman–Crippen LogP) is 4.10. The molecule has 1 saturated carbocycles. The van der Waals surface area contributed by atoms with E-state index in [-0.39, 0.29) is 47.8 Å². The summed E-state index contributed by atoms with van der Waals surface area (Å²) in [7, 11) is 0. The SMILES string of the molecule is CCNC(=NCc1cccc([N+](=O)[O-])c1)NC1CCC(NC(=O)OC(C)(C)C)CC1.I. The van der Waals surface area contributed by atoms with Crippen molar-refractivity contribution in [2.24, 2.45) is 4.99 Å². The van der Waals surface area contributed by atoms with E-state index in [4.69, 9.17) is 4.74 Å². The molecule has 0 aliphatic heterocycles. The number of ether oxygens (including phenoxy) is 1. The van der Waals surface area contributed by atoms with Crippen LogP contribution in [0.1, 0.15) is 58.9 Å². The van der Waals surface area contributed by atoms with Gasteiger partial charge in [-0.05, 0) is 58.9 Å². The number of amides is 1. The Kier molecular flexibility index (Phi) is 11.0. The number of non-ortho nitro benzene ring substituents is 1. The van der Waals surface area contributed by atoms with Gasteiger partial charge in [0, 0.05) is 30.8 Å². The van der Waals surface area contributed by atoms with Crippen molar-refractivity contribution in [3.63, 3.8) is 0 Å². The van der Waals surface area contributed by atoms with Crippen molar-refractivity contribution in [2.75, 3.05) is 6.54 Å². The second-order valence-electron chi connectivity index (χ2n) is 8.46. The lowest BCUT2D eigenvalue weighted by Crippen LogP contribution is -2.48. The zero-order valence-corrected chi connectivity index (χ0v) is 21.0. The maximum absolute atomic E-state index is 11.9. The van der Waals surface area contributed by atoms with E-state index in [0.717, 1.165) is 37.8 Å². The molecular weight excluding hydrogens is 513 g/mol. The van der Waals surface area contributed by atoms with Crippen LogP contribution in [0.3, 0.4) is 0 Å². The topological polar surface area (TPSA) is 118 Å². The van der Waals surface area contributed by atoms with Gasteiger partial charge in [0.1, 0.15) is 5.60 Å². The predicted molar refractivity (Wildman–Crippen MR) is 132 cm³/mol. The number of benzene rings is 1. The zero-order chi connectivity index (χ0) is 22.1. The number of halogens is 1. The molecule has 1 aromatic rings. The average molecular weight is 547 g/mol. The number of alkyl carbamates (subject to hydrolysis) is 1. The molecule has 0 atom stereocenters.